The van der Waals surface area contributed by atoms with Crippen LogP contribution in [-0.4, -0.2) is 39.5 Å². The first-order valence-electron chi connectivity index (χ1n) is 7.38. The molecule has 1 aromatic heterocycles. The zero-order chi connectivity index (χ0) is 15.8. The fraction of sp³-hybridized carbons (Fsp3) is 0.692. The lowest BCUT2D eigenvalue weighted by Gasteiger charge is -2.33. The van der Waals surface area contributed by atoms with E-state index in [4.69, 9.17) is 7.48 Å². The third kappa shape index (κ3) is 3.96. The highest BCUT2D eigenvalue weighted by Gasteiger charge is 2.27. The molecule has 2 rings (SSSR count). The molecule has 0 saturated carbocycles. The molecule has 0 radical (unpaired) electrons. The molecule has 1 aliphatic heterocycles. The summed E-state index contributed by atoms with van der Waals surface area (Å²) in [6.07, 6.45) is 1.41. The first-order chi connectivity index (χ1) is 9.69. The zero-order valence-electron chi connectivity index (χ0n) is 13.4. The molecule has 1 aliphatic rings. The predicted molar refractivity (Wildman–Crippen MR) is 76.0 cm³/mol. The van der Waals surface area contributed by atoms with E-state index in [9.17, 15) is 4.79 Å². The van der Waals surface area contributed by atoms with Crippen LogP contribution in [0.1, 0.15) is 42.4 Å². The van der Waals surface area contributed by atoms with Crippen LogP contribution in [0.4, 0.5) is 4.79 Å². The Morgan fingerprint density at radius 1 is 1.53 bits per heavy atom. The summed E-state index contributed by atoms with van der Waals surface area (Å²) in [5.74, 6) is 0. The van der Waals surface area contributed by atoms with E-state index in [1.165, 1.54) is 0 Å². The van der Waals surface area contributed by atoms with Crippen molar-refractivity contribution in [3.8, 4) is 0 Å². The number of carbonyl (C=O) groups is 1. The molecule has 1 aromatic rings. The Labute approximate surface area is 124 Å². The van der Waals surface area contributed by atoms with Gasteiger partial charge in [-0.25, -0.2) is 4.79 Å². The Morgan fingerprint density at radius 2 is 2.16 bits per heavy atom. The molecule has 0 spiro atoms. The van der Waals surface area contributed by atoms with E-state index in [1.54, 1.807) is 9.58 Å². The molecule has 1 saturated heterocycles. The average molecular weight is 332 g/mol. The van der Waals surface area contributed by atoms with Crippen molar-refractivity contribution in [1.82, 2.24) is 14.7 Å². The van der Waals surface area contributed by atoms with Gasteiger partial charge in [0.25, 0.3) is 0 Å². The largest absolute Gasteiger partial charge is 0.444 e. The molecule has 6 heteroatoms. The Balaban J connectivity index is 1.97. The second-order valence-corrected chi connectivity index (χ2v) is 6.47. The van der Waals surface area contributed by atoms with Crippen molar-refractivity contribution in [1.29, 1.82) is 0 Å². The van der Waals surface area contributed by atoms with Gasteiger partial charge >= 0.3 is 6.09 Å². The van der Waals surface area contributed by atoms with Crippen molar-refractivity contribution < 1.29 is 12.3 Å². The van der Waals surface area contributed by atoms with Gasteiger partial charge in [0.05, 0.1) is 19.4 Å². The van der Waals surface area contributed by atoms with Gasteiger partial charge < -0.3 is 9.64 Å². The van der Waals surface area contributed by atoms with Crippen molar-refractivity contribution >= 4 is 22.0 Å². The Bertz CT molecular complexity index is 534. The van der Waals surface area contributed by atoms with E-state index in [1.807, 2.05) is 20.8 Å². The molecule has 2 heterocycles. The second-order valence-electron chi connectivity index (χ2n) is 5.68. The normalized spacial score (nSPS) is 19.1. The van der Waals surface area contributed by atoms with Gasteiger partial charge in [-0.3, -0.25) is 4.68 Å². The number of hydrogen-bond donors (Lipinski definition) is 0. The minimum absolute atomic E-state index is 0.0478. The maximum absolute atomic E-state index is 12.0. The number of carbonyl (C=O) groups excluding carboxylic acids is 1. The molecule has 0 aliphatic carbocycles. The zero-order valence-corrected chi connectivity index (χ0v) is 13.0. The maximum atomic E-state index is 12.0. The Hall–Kier alpha value is -1.04. The maximum Gasteiger partial charge on any atom is 0.410 e. The summed E-state index contributed by atoms with van der Waals surface area (Å²) in [5.41, 5.74) is -0.491. The highest BCUT2D eigenvalue weighted by Crippen LogP contribution is 2.24. The second kappa shape index (κ2) is 5.53. The third-order valence-corrected chi connectivity index (χ3v) is 3.29. The SMILES string of the molecule is [2H]c1nn(C2CCN(C(=O)OC(C)(C)C)CC2)c([2H])c1Br. The Morgan fingerprint density at radius 3 is 2.63 bits per heavy atom. The van der Waals surface area contributed by atoms with Crippen LogP contribution in [0.15, 0.2) is 16.8 Å². The van der Waals surface area contributed by atoms with Gasteiger partial charge in [0, 0.05) is 19.3 Å². The van der Waals surface area contributed by atoms with Crippen molar-refractivity contribution in [3.05, 3.63) is 16.8 Å². The minimum Gasteiger partial charge on any atom is -0.444 e. The number of nitrogens with zero attached hydrogens (tertiary/aromatic N) is 3. The quantitative estimate of drug-likeness (QED) is 0.793. The summed E-state index contributed by atoms with van der Waals surface area (Å²) >= 11 is 3.19. The molecule has 0 atom stereocenters. The van der Waals surface area contributed by atoms with Gasteiger partial charge in [0.15, 0.2) is 0 Å². The topological polar surface area (TPSA) is 47.4 Å². The fourth-order valence-electron chi connectivity index (χ4n) is 2.04. The van der Waals surface area contributed by atoms with Crippen LogP contribution in [0.5, 0.6) is 0 Å². The minimum atomic E-state index is -0.491. The summed E-state index contributed by atoms with van der Waals surface area (Å²) < 4.78 is 22.9. The summed E-state index contributed by atoms with van der Waals surface area (Å²) in [4.78, 5) is 13.7. The molecule has 0 bridgehead atoms. The molecule has 106 valence electrons. The van der Waals surface area contributed by atoms with Crippen LogP contribution in [0.2, 0.25) is 0 Å². The van der Waals surface area contributed by atoms with E-state index in [2.05, 4.69) is 21.0 Å². The molecule has 1 fully saturated rings. The number of piperidine rings is 1. The van der Waals surface area contributed by atoms with Gasteiger partial charge in [0.2, 0.25) is 0 Å². The molecule has 0 unspecified atom stereocenters. The number of rotatable bonds is 1. The molecular formula is C13H20BrN3O2. The lowest BCUT2D eigenvalue weighted by atomic mass is 10.1. The van der Waals surface area contributed by atoms with Crippen molar-refractivity contribution in [2.45, 2.75) is 45.3 Å². The van der Waals surface area contributed by atoms with Gasteiger partial charge in [-0.1, -0.05) is 0 Å². The van der Waals surface area contributed by atoms with Gasteiger partial charge in [-0.2, -0.15) is 5.10 Å². The number of amides is 1. The predicted octanol–water partition coefficient (Wildman–Crippen LogP) is 3.22. The number of ether oxygens (including phenoxy) is 1. The lowest BCUT2D eigenvalue weighted by Crippen LogP contribution is -2.42. The van der Waals surface area contributed by atoms with E-state index >= 15 is 0 Å². The van der Waals surface area contributed by atoms with Crippen LogP contribution in [0.3, 0.4) is 0 Å². The van der Waals surface area contributed by atoms with Gasteiger partial charge in [0.1, 0.15) is 5.60 Å². The first-order valence-corrected chi connectivity index (χ1v) is 7.17. The lowest BCUT2D eigenvalue weighted by molar-refractivity contribution is 0.0185. The molecule has 0 N–H and O–H groups in total. The number of halogens is 1. The first kappa shape index (κ1) is 11.8. The van der Waals surface area contributed by atoms with E-state index in [0.29, 0.717) is 30.4 Å². The highest BCUT2D eigenvalue weighted by molar-refractivity contribution is 9.10. The molecule has 0 aromatic carbocycles. The standard InChI is InChI=1S/C13H20BrN3O2/c1-13(2,3)19-12(18)16-6-4-11(5-7-16)17-9-10(14)8-15-17/h8-9,11H,4-7H2,1-3H3/i8D,9D. The molecule has 1 amide bonds. The third-order valence-electron chi connectivity index (χ3n) is 2.93. The fourth-order valence-corrected chi connectivity index (χ4v) is 2.30. The van der Waals surface area contributed by atoms with E-state index in [0.717, 1.165) is 0 Å². The van der Waals surface area contributed by atoms with Crippen LogP contribution >= 0.6 is 15.9 Å². The van der Waals surface area contributed by atoms with Crippen LogP contribution < -0.4 is 0 Å². The number of hydrogen-bond acceptors (Lipinski definition) is 3. The van der Waals surface area contributed by atoms with Crippen molar-refractivity contribution in [2.75, 3.05) is 13.1 Å². The van der Waals surface area contributed by atoms with Crippen molar-refractivity contribution in [2.24, 2.45) is 0 Å². The van der Waals surface area contributed by atoms with E-state index < -0.39 is 5.60 Å². The molecule has 19 heavy (non-hydrogen) atoms. The van der Waals surface area contributed by atoms with Crippen LogP contribution in [-0.2, 0) is 4.74 Å². The number of likely N-dealkylation sites (tertiary alicyclic amines) is 1. The monoisotopic (exact) mass is 331 g/mol. The summed E-state index contributed by atoms with van der Waals surface area (Å²) in [5, 5.41) is 4.08. The number of aromatic nitrogens is 2. The van der Waals surface area contributed by atoms with Gasteiger partial charge in [-0.15, -0.1) is 0 Å². The highest BCUT2D eigenvalue weighted by atomic mass is 79.9. The molecule has 5 nitrogen and oxygen atoms in total. The van der Waals surface area contributed by atoms with Crippen LogP contribution in [0.25, 0.3) is 0 Å². The average Bonchev–Trinajstić information content (AvgIpc) is 2.65. The van der Waals surface area contributed by atoms with E-state index in [-0.39, 0.29) is 24.5 Å². The summed E-state index contributed by atoms with van der Waals surface area (Å²) in [7, 11) is 0. The molecular weight excluding hydrogens is 310 g/mol. The smallest absolute Gasteiger partial charge is 0.410 e. The summed E-state index contributed by atoms with van der Waals surface area (Å²) in [6.45, 7) is 6.69. The van der Waals surface area contributed by atoms with Crippen LogP contribution in [0, 0.1) is 0 Å². The van der Waals surface area contributed by atoms with Gasteiger partial charge in [-0.05, 0) is 49.5 Å². The summed E-state index contributed by atoms with van der Waals surface area (Å²) in [6, 6.07) is 0.0478. The Kier molecular flexibility index (Phi) is 3.42. The van der Waals surface area contributed by atoms with Crippen molar-refractivity contribution in [3.63, 3.8) is 0 Å².